The van der Waals surface area contributed by atoms with Crippen LogP contribution in [0.5, 0.6) is 17.2 Å². The lowest BCUT2D eigenvalue weighted by atomic mass is 9.80. The van der Waals surface area contributed by atoms with E-state index in [1.54, 1.807) is 93.3 Å². The fourth-order valence-corrected chi connectivity index (χ4v) is 3.45. The van der Waals surface area contributed by atoms with E-state index >= 15 is 0 Å². The molecule has 0 saturated heterocycles. The Hall–Kier alpha value is -3.64. The number of ether oxygens (including phenoxy) is 3. The zero-order chi connectivity index (χ0) is 23.1. The van der Waals surface area contributed by atoms with Crippen LogP contribution >= 0.6 is 0 Å². The van der Waals surface area contributed by atoms with Crippen LogP contribution < -0.4 is 14.2 Å². The SMILES string of the molecule is COc1ccc(C(O)(c2ccc(OC)cc2)c2ccc(OC(C[C]=O)C(C)=O)cc2)cc1. The molecule has 1 atom stereocenters. The maximum atomic E-state index is 12.0. The molecule has 0 aliphatic carbocycles. The molecule has 6 nitrogen and oxygen atoms in total. The average molecular weight is 433 g/mol. The molecule has 0 aromatic heterocycles. The molecule has 3 aromatic carbocycles. The molecule has 3 aromatic rings. The van der Waals surface area contributed by atoms with E-state index in [-0.39, 0.29) is 12.2 Å². The minimum atomic E-state index is -1.46. The molecular weight excluding hydrogens is 408 g/mol. The molecule has 0 heterocycles. The van der Waals surface area contributed by atoms with Gasteiger partial charge in [0.05, 0.1) is 20.6 Å². The van der Waals surface area contributed by atoms with Crippen LogP contribution in [0.2, 0.25) is 0 Å². The average Bonchev–Trinajstić information content (AvgIpc) is 2.83. The largest absolute Gasteiger partial charge is 0.497 e. The number of Topliss-reactive ketones (excluding diaryl/α,β-unsaturated/α-hetero) is 1. The van der Waals surface area contributed by atoms with Crippen molar-refractivity contribution >= 4 is 12.1 Å². The lowest BCUT2D eigenvalue weighted by Gasteiger charge is -2.30. The first kappa shape index (κ1) is 23.0. The summed E-state index contributed by atoms with van der Waals surface area (Å²) in [5.74, 6) is 1.51. The van der Waals surface area contributed by atoms with Crippen LogP contribution in [0.25, 0.3) is 0 Å². The first-order valence-corrected chi connectivity index (χ1v) is 10.1. The third kappa shape index (κ3) is 4.81. The summed E-state index contributed by atoms with van der Waals surface area (Å²) in [4.78, 5) is 22.4. The lowest BCUT2D eigenvalue weighted by molar-refractivity contribution is -0.123. The highest BCUT2D eigenvalue weighted by molar-refractivity contribution is 5.83. The monoisotopic (exact) mass is 433 g/mol. The number of aliphatic hydroxyl groups is 1. The number of benzene rings is 3. The molecule has 0 bridgehead atoms. The van der Waals surface area contributed by atoms with Gasteiger partial charge in [-0.25, -0.2) is 0 Å². The van der Waals surface area contributed by atoms with Gasteiger partial charge in [0.15, 0.2) is 11.9 Å². The molecular formula is C26H25O6. The van der Waals surface area contributed by atoms with E-state index < -0.39 is 11.7 Å². The number of ketones is 1. The number of hydrogen-bond acceptors (Lipinski definition) is 6. The molecule has 0 spiro atoms. The Morgan fingerprint density at radius 2 is 1.19 bits per heavy atom. The van der Waals surface area contributed by atoms with Gasteiger partial charge in [0.2, 0.25) is 6.29 Å². The van der Waals surface area contributed by atoms with Gasteiger partial charge in [-0.15, -0.1) is 0 Å². The third-order valence-corrected chi connectivity index (χ3v) is 5.29. The highest BCUT2D eigenvalue weighted by Gasteiger charge is 2.34. The van der Waals surface area contributed by atoms with Gasteiger partial charge >= 0.3 is 0 Å². The predicted molar refractivity (Wildman–Crippen MR) is 120 cm³/mol. The Morgan fingerprint density at radius 3 is 1.50 bits per heavy atom. The molecule has 0 fully saturated rings. The molecule has 3 rings (SSSR count). The molecule has 0 saturated carbocycles. The summed E-state index contributed by atoms with van der Waals surface area (Å²) in [6, 6.07) is 21.1. The van der Waals surface area contributed by atoms with E-state index in [1.807, 2.05) is 0 Å². The second-order valence-electron chi connectivity index (χ2n) is 7.26. The summed E-state index contributed by atoms with van der Waals surface area (Å²) in [7, 11) is 3.17. The number of methoxy groups -OCH3 is 2. The topological polar surface area (TPSA) is 82.1 Å². The summed E-state index contributed by atoms with van der Waals surface area (Å²) >= 11 is 0. The third-order valence-electron chi connectivity index (χ3n) is 5.29. The molecule has 0 amide bonds. The maximum Gasteiger partial charge on any atom is 0.202 e. The van der Waals surface area contributed by atoms with Crippen molar-refractivity contribution in [1.82, 2.24) is 0 Å². The highest BCUT2D eigenvalue weighted by atomic mass is 16.5. The van der Waals surface area contributed by atoms with Gasteiger partial charge in [-0.3, -0.25) is 9.59 Å². The summed E-state index contributed by atoms with van der Waals surface area (Å²) in [6.07, 6.45) is 0.682. The number of carbonyl (C=O) groups excluding carboxylic acids is 2. The van der Waals surface area contributed by atoms with Gasteiger partial charge in [-0.05, 0) is 60.0 Å². The summed E-state index contributed by atoms with van der Waals surface area (Å²) < 4.78 is 16.1. The van der Waals surface area contributed by atoms with Crippen molar-refractivity contribution in [2.45, 2.75) is 25.0 Å². The van der Waals surface area contributed by atoms with Crippen molar-refractivity contribution in [2.24, 2.45) is 0 Å². The highest BCUT2D eigenvalue weighted by Crippen LogP contribution is 2.38. The Morgan fingerprint density at radius 1 is 0.812 bits per heavy atom. The Kier molecular flexibility index (Phi) is 7.28. The lowest BCUT2D eigenvalue weighted by Crippen LogP contribution is -2.29. The normalized spacial score (nSPS) is 12.0. The Balaban J connectivity index is 2.02. The van der Waals surface area contributed by atoms with Crippen molar-refractivity contribution in [3.8, 4) is 17.2 Å². The van der Waals surface area contributed by atoms with Gasteiger partial charge in [0.25, 0.3) is 0 Å². The van der Waals surface area contributed by atoms with E-state index in [9.17, 15) is 14.7 Å². The van der Waals surface area contributed by atoms with E-state index in [1.165, 1.54) is 6.92 Å². The quantitative estimate of drug-likeness (QED) is 0.490. The van der Waals surface area contributed by atoms with Crippen LogP contribution in [0.4, 0.5) is 0 Å². The smallest absolute Gasteiger partial charge is 0.202 e. The maximum absolute atomic E-state index is 12.0. The second-order valence-corrected chi connectivity index (χ2v) is 7.26. The van der Waals surface area contributed by atoms with Gasteiger partial charge in [-0.1, -0.05) is 36.4 Å². The molecule has 165 valence electrons. The minimum absolute atomic E-state index is 0.140. The van der Waals surface area contributed by atoms with Crippen molar-refractivity contribution in [3.05, 3.63) is 89.5 Å². The number of rotatable bonds is 10. The van der Waals surface area contributed by atoms with Gasteiger partial charge < -0.3 is 19.3 Å². The van der Waals surface area contributed by atoms with Crippen LogP contribution in [0.3, 0.4) is 0 Å². The minimum Gasteiger partial charge on any atom is -0.497 e. The van der Waals surface area contributed by atoms with E-state index in [2.05, 4.69) is 0 Å². The first-order valence-electron chi connectivity index (χ1n) is 10.1. The zero-order valence-electron chi connectivity index (χ0n) is 18.2. The summed E-state index contributed by atoms with van der Waals surface area (Å²) in [5.41, 5.74) is 0.429. The van der Waals surface area contributed by atoms with Crippen molar-refractivity contribution < 1.29 is 28.9 Å². The zero-order valence-corrected chi connectivity index (χ0v) is 18.2. The second kappa shape index (κ2) is 10.1. The van der Waals surface area contributed by atoms with Gasteiger partial charge in [0, 0.05) is 0 Å². The van der Waals surface area contributed by atoms with Crippen LogP contribution in [0.15, 0.2) is 72.8 Å². The number of hydrogen-bond donors (Lipinski definition) is 1. The molecule has 1 radical (unpaired) electrons. The number of carbonyl (C=O) groups is 1. The van der Waals surface area contributed by atoms with Crippen LogP contribution in [-0.2, 0) is 15.2 Å². The molecule has 0 aliphatic heterocycles. The molecule has 32 heavy (non-hydrogen) atoms. The fraction of sp³-hybridized carbons (Fsp3) is 0.231. The Bertz CT molecular complexity index is 992. The first-order chi connectivity index (χ1) is 15.4. The molecule has 1 N–H and O–H groups in total. The summed E-state index contributed by atoms with van der Waals surface area (Å²) in [6.45, 7) is 1.36. The predicted octanol–water partition coefficient (Wildman–Crippen LogP) is 3.82. The molecule has 1 unspecified atom stereocenters. The van der Waals surface area contributed by atoms with Gasteiger partial charge in [-0.2, -0.15) is 0 Å². The van der Waals surface area contributed by atoms with Crippen LogP contribution in [0.1, 0.15) is 30.0 Å². The van der Waals surface area contributed by atoms with E-state index in [4.69, 9.17) is 14.2 Å². The van der Waals surface area contributed by atoms with Crippen molar-refractivity contribution in [2.75, 3.05) is 14.2 Å². The van der Waals surface area contributed by atoms with Crippen LogP contribution in [-0.4, -0.2) is 37.5 Å². The standard InChI is InChI=1S/C26H25O6/c1-18(28)25(16-17-27)32-24-14-8-21(9-15-24)26(29,19-4-10-22(30-2)11-5-19)20-6-12-23(31-3)13-7-20/h4-15,25,29H,16H2,1-3H3. The van der Waals surface area contributed by atoms with Crippen molar-refractivity contribution in [3.63, 3.8) is 0 Å². The van der Waals surface area contributed by atoms with E-state index in [0.717, 1.165) is 0 Å². The fourth-order valence-electron chi connectivity index (χ4n) is 3.45. The van der Waals surface area contributed by atoms with Gasteiger partial charge in [0.1, 0.15) is 22.8 Å². The summed E-state index contributed by atoms with van der Waals surface area (Å²) in [5, 5.41) is 12.0. The molecule has 0 aliphatic rings. The van der Waals surface area contributed by atoms with Crippen LogP contribution in [0, 0.1) is 0 Å². The van der Waals surface area contributed by atoms with E-state index in [0.29, 0.717) is 33.9 Å². The molecule has 6 heteroatoms. The van der Waals surface area contributed by atoms with Crippen molar-refractivity contribution in [1.29, 1.82) is 0 Å². The Labute approximate surface area is 187 Å².